The molecule has 1 amide bonds. The summed E-state index contributed by atoms with van der Waals surface area (Å²) in [5.41, 5.74) is 1.21. The number of nitrogens with zero attached hydrogens (tertiary/aromatic N) is 1. The van der Waals surface area contributed by atoms with Crippen molar-refractivity contribution in [2.45, 2.75) is 6.42 Å². The first-order valence-corrected chi connectivity index (χ1v) is 5.73. The van der Waals surface area contributed by atoms with Crippen molar-refractivity contribution < 1.29 is 9.18 Å². The third kappa shape index (κ3) is 3.17. The van der Waals surface area contributed by atoms with E-state index in [0.29, 0.717) is 11.1 Å². The molecular weight excluding hydrogens is 243 g/mol. The second kappa shape index (κ2) is 5.78. The Hall–Kier alpha value is -2.67. The van der Waals surface area contributed by atoms with Crippen molar-refractivity contribution in [2.75, 3.05) is 5.32 Å². The van der Waals surface area contributed by atoms with E-state index in [4.69, 9.17) is 5.26 Å². The van der Waals surface area contributed by atoms with Crippen LogP contribution < -0.4 is 5.32 Å². The van der Waals surface area contributed by atoms with Crippen LogP contribution in [0.15, 0.2) is 48.5 Å². The third-order valence-electron chi connectivity index (χ3n) is 2.64. The summed E-state index contributed by atoms with van der Waals surface area (Å²) in [7, 11) is 0. The monoisotopic (exact) mass is 254 g/mol. The smallest absolute Gasteiger partial charge is 0.228 e. The number of hydrogen-bond acceptors (Lipinski definition) is 2. The van der Waals surface area contributed by atoms with E-state index in [1.165, 1.54) is 12.1 Å². The van der Waals surface area contributed by atoms with E-state index in [-0.39, 0.29) is 18.0 Å². The fourth-order valence-electron chi connectivity index (χ4n) is 1.71. The fourth-order valence-corrected chi connectivity index (χ4v) is 1.71. The van der Waals surface area contributed by atoms with Gasteiger partial charge in [-0.25, -0.2) is 4.39 Å². The predicted molar refractivity (Wildman–Crippen MR) is 69.9 cm³/mol. The molecule has 0 atom stereocenters. The zero-order chi connectivity index (χ0) is 13.7. The van der Waals surface area contributed by atoms with Crippen LogP contribution in [0.5, 0.6) is 0 Å². The highest BCUT2D eigenvalue weighted by molar-refractivity contribution is 5.92. The first-order chi connectivity index (χ1) is 9.20. The van der Waals surface area contributed by atoms with Gasteiger partial charge in [-0.3, -0.25) is 4.79 Å². The average Bonchev–Trinajstić information content (AvgIpc) is 2.42. The van der Waals surface area contributed by atoms with E-state index in [1.807, 2.05) is 6.07 Å². The van der Waals surface area contributed by atoms with Gasteiger partial charge in [-0.1, -0.05) is 30.3 Å². The van der Waals surface area contributed by atoms with Crippen LogP contribution in [0.2, 0.25) is 0 Å². The van der Waals surface area contributed by atoms with E-state index in [9.17, 15) is 9.18 Å². The minimum Gasteiger partial charge on any atom is -0.323 e. The highest BCUT2D eigenvalue weighted by Gasteiger charge is 2.09. The molecule has 0 unspecified atom stereocenters. The summed E-state index contributed by atoms with van der Waals surface area (Å²) in [5.74, 6) is -0.836. The summed E-state index contributed by atoms with van der Waals surface area (Å²) < 4.78 is 13.4. The van der Waals surface area contributed by atoms with Gasteiger partial charge in [-0.15, -0.1) is 0 Å². The number of carbonyl (C=O) groups is 1. The standard InChI is InChI=1S/C15H11FN2O/c16-13-7-3-4-8-14(13)18-15(19)9-11-5-1-2-6-12(11)10-17/h1-8H,9H2,(H,18,19). The van der Waals surface area contributed by atoms with E-state index >= 15 is 0 Å². The quantitative estimate of drug-likeness (QED) is 0.915. The third-order valence-corrected chi connectivity index (χ3v) is 2.64. The zero-order valence-electron chi connectivity index (χ0n) is 10.1. The van der Waals surface area contributed by atoms with Gasteiger partial charge >= 0.3 is 0 Å². The lowest BCUT2D eigenvalue weighted by Gasteiger charge is -2.07. The van der Waals surface area contributed by atoms with Gasteiger partial charge in [0.05, 0.1) is 23.7 Å². The molecule has 19 heavy (non-hydrogen) atoms. The first-order valence-electron chi connectivity index (χ1n) is 5.73. The van der Waals surface area contributed by atoms with E-state index in [0.717, 1.165) is 0 Å². The van der Waals surface area contributed by atoms with Gasteiger partial charge < -0.3 is 5.32 Å². The Morgan fingerprint density at radius 2 is 1.84 bits per heavy atom. The second-order valence-corrected chi connectivity index (χ2v) is 3.97. The Kier molecular flexibility index (Phi) is 3.89. The Bertz CT molecular complexity index is 647. The van der Waals surface area contributed by atoms with Gasteiger partial charge in [0.1, 0.15) is 5.82 Å². The lowest BCUT2D eigenvalue weighted by atomic mass is 10.1. The van der Waals surface area contributed by atoms with Crippen molar-refractivity contribution >= 4 is 11.6 Å². The molecule has 1 N–H and O–H groups in total. The Morgan fingerprint density at radius 3 is 2.58 bits per heavy atom. The number of halogens is 1. The van der Waals surface area contributed by atoms with Gasteiger partial charge in [0, 0.05) is 0 Å². The molecule has 0 aliphatic heterocycles. The van der Waals surface area contributed by atoms with Gasteiger partial charge in [0.15, 0.2) is 0 Å². The van der Waals surface area contributed by atoms with Crippen LogP contribution in [0.3, 0.4) is 0 Å². The number of nitrogens with one attached hydrogen (secondary N) is 1. The molecule has 0 heterocycles. The van der Waals surface area contributed by atoms with Gasteiger partial charge in [0.2, 0.25) is 5.91 Å². The summed E-state index contributed by atoms with van der Waals surface area (Å²) in [4.78, 5) is 11.8. The minimum absolute atomic E-state index is 0.0397. The van der Waals surface area contributed by atoms with Crippen LogP contribution in [0.1, 0.15) is 11.1 Å². The molecule has 0 aromatic heterocycles. The summed E-state index contributed by atoms with van der Waals surface area (Å²) in [5, 5.41) is 11.4. The lowest BCUT2D eigenvalue weighted by molar-refractivity contribution is -0.115. The molecule has 2 aromatic carbocycles. The van der Waals surface area contributed by atoms with Crippen LogP contribution in [0.25, 0.3) is 0 Å². The molecule has 2 rings (SSSR count). The SMILES string of the molecule is N#Cc1ccccc1CC(=O)Nc1ccccc1F. The van der Waals surface area contributed by atoms with Crippen LogP contribution in [-0.2, 0) is 11.2 Å². The molecule has 3 nitrogen and oxygen atoms in total. The highest BCUT2D eigenvalue weighted by Crippen LogP contribution is 2.14. The second-order valence-electron chi connectivity index (χ2n) is 3.97. The molecule has 0 spiro atoms. The Morgan fingerprint density at radius 1 is 1.16 bits per heavy atom. The van der Waals surface area contributed by atoms with Gasteiger partial charge in [0.25, 0.3) is 0 Å². The summed E-state index contributed by atoms with van der Waals surface area (Å²) in [6, 6.07) is 14.8. The number of benzene rings is 2. The minimum atomic E-state index is -0.482. The maximum Gasteiger partial charge on any atom is 0.228 e. The van der Waals surface area contributed by atoms with E-state index in [1.54, 1.807) is 36.4 Å². The number of anilines is 1. The largest absolute Gasteiger partial charge is 0.323 e. The van der Waals surface area contributed by atoms with E-state index in [2.05, 4.69) is 5.32 Å². The lowest BCUT2D eigenvalue weighted by Crippen LogP contribution is -2.15. The van der Waals surface area contributed by atoms with E-state index < -0.39 is 5.82 Å². The fraction of sp³-hybridized carbons (Fsp3) is 0.0667. The topological polar surface area (TPSA) is 52.9 Å². The van der Waals surface area contributed by atoms with Crippen molar-refractivity contribution in [3.05, 3.63) is 65.5 Å². The molecule has 0 radical (unpaired) electrons. The molecule has 0 aliphatic carbocycles. The van der Waals surface area contributed by atoms with Crippen LogP contribution in [-0.4, -0.2) is 5.91 Å². The summed E-state index contributed by atoms with van der Waals surface area (Å²) in [6.45, 7) is 0. The van der Waals surface area contributed by atoms with Crippen molar-refractivity contribution in [1.29, 1.82) is 5.26 Å². The Balaban J connectivity index is 2.11. The Labute approximate surface area is 110 Å². The van der Waals surface area contributed by atoms with Crippen molar-refractivity contribution in [3.8, 4) is 6.07 Å². The molecule has 4 heteroatoms. The molecule has 0 bridgehead atoms. The normalized spacial score (nSPS) is 9.68. The number of nitriles is 1. The van der Waals surface area contributed by atoms with Crippen LogP contribution in [0, 0.1) is 17.1 Å². The molecule has 0 fully saturated rings. The maximum absolute atomic E-state index is 13.4. The molecule has 2 aromatic rings. The molecule has 0 saturated carbocycles. The number of hydrogen-bond donors (Lipinski definition) is 1. The average molecular weight is 254 g/mol. The van der Waals surface area contributed by atoms with Crippen molar-refractivity contribution in [1.82, 2.24) is 0 Å². The maximum atomic E-state index is 13.4. The van der Waals surface area contributed by atoms with Crippen molar-refractivity contribution in [3.63, 3.8) is 0 Å². The number of carbonyl (C=O) groups excluding carboxylic acids is 1. The molecule has 0 aliphatic rings. The predicted octanol–water partition coefficient (Wildman–Crippen LogP) is 2.88. The van der Waals surface area contributed by atoms with Crippen LogP contribution in [0.4, 0.5) is 10.1 Å². The highest BCUT2D eigenvalue weighted by atomic mass is 19.1. The zero-order valence-corrected chi connectivity index (χ0v) is 10.1. The molecule has 0 saturated heterocycles. The summed E-state index contributed by atoms with van der Waals surface area (Å²) in [6.07, 6.45) is 0.0397. The number of para-hydroxylation sites is 1. The number of amides is 1. The van der Waals surface area contributed by atoms with Gasteiger partial charge in [-0.05, 0) is 23.8 Å². The molecule has 94 valence electrons. The number of rotatable bonds is 3. The van der Waals surface area contributed by atoms with Crippen LogP contribution >= 0.6 is 0 Å². The first kappa shape index (κ1) is 12.8. The van der Waals surface area contributed by atoms with Gasteiger partial charge in [-0.2, -0.15) is 5.26 Å². The molecular formula is C15H11FN2O. The summed E-state index contributed by atoms with van der Waals surface area (Å²) >= 11 is 0. The van der Waals surface area contributed by atoms with Crippen molar-refractivity contribution in [2.24, 2.45) is 0 Å².